The summed E-state index contributed by atoms with van der Waals surface area (Å²) in [6, 6.07) is 1.27. The standard InChI is InChI=1S/C19H24F3N7O/c1-11-26-17(23-2)29-18(27-11)28-14-5-3-4-12(8-14)16(30)25-9-13-6-7-24-10-15(13)19(20,21)22/h6-7,10,12,14H,3-5,8-9H2,1-2H3,(H,25,30)(H2,23,26,27,28,29)/t12-,14+/m0/s1. The van der Waals surface area contributed by atoms with Crippen LogP contribution in [-0.2, 0) is 17.5 Å². The number of pyridine rings is 1. The number of hydrogen-bond donors (Lipinski definition) is 3. The number of carbonyl (C=O) groups excluding carboxylic acids is 1. The maximum atomic E-state index is 13.1. The van der Waals surface area contributed by atoms with Crippen molar-refractivity contribution in [2.24, 2.45) is 5.92 Å². The fourth-order valence-electron chi connectivity index (χ4n) is 3.56. The topological polar surface area (TPSA) is 105 Å². The van der Waals surface area contributed by atoms with E-state index in [1.54, 1.807) is 14.0 Å². The van der Waals surface area contributed by atoms with E-state index in [0.29, 0.717) is 30.6 Å². The fourth-order valence-corrected chi connectivity index (χ4v) is 3.56. The first-order chi connectivity index (χ1) is 14.3. The zero-order valence-electron chi connectivity index (χ0n) is 16.8. The fraction of sp³-hybridized carbons (Fsp3) is 0.526. The van der Waals surface area contributed by atoms with Crippen molar-refractivity contribution < 1.29 is 18.0 Å². The molecule has 0 saturated heterocycles. The largest absolute Gasteiger partial charge is 0.418 e. The summed E-state index contributed by atoms with van der Waals surface area (Å²) >= 11 is 0. The first kappa shape index (κ1) is 21.7. The van der Waals surface area contributed by atoms with Gasteiger partial charge in [-0.2, -0.15) is 28.1 Å². The van der Waals surface area contributed by atoms with E-state index in [0.717, 1.165) is 19.0 Å². The Morgan fingerprint density at radius 1 is 1.20 bits per heavy atom. The van der Waals surface area contributed by atoms with Crippen LogP contribution in [0.1, 0.15) is 42.6 Å². The molecule has 162 valence electrons. The lowest BCUT2D eigenvalue weighted by Gasteiger charge is -2.29. The lowest BCUT2D eigenvalue weighted by molar-refractivity contribution is -0.138. The molecule has 1 aliphatic rings. The number of nitrogens with one attached hydrogen (secondary N) is 3. The van der Waals surface area contributed by atoms with Crippen LogP contribution in [0.15, 0.2) is 18.5 Å². The molecule has 30 heavy (non-hydrogen) atoms. The van der Waals surface area contributed by atoms with Crippen LogP contribution in [0.4, 0.5) is 25.1 Å². The van der Waals surface area contributed by atoms with E-state index >= 15 is 0 Å². The molecular weight excluding hydrogens is 399 g/mol. The van der Waals surface area contributed by atoms with Gasteiger partial charge in [-0.3, -0.25) is 9.78 Å². The number of aryl methyl sites for hydroxylation is 1. The minimum Gasteiger partial charge on any atom is -0.357 e. The lowest BCUT2D eigenvalue weighted by Crippen LogP contribution is -2.37. The van der Waals surface area contributed by atoms with Gasteiger partial charge in [-0.1, -0.05) is 6.42 Å². The molecule has 0 aliphatic heterocycles. The zero-order chi connectivity index (χ0) is 21.7. The van der Waals surface area contributed by atoms with E-state index in [2.05, 4.69) is 35.9 Å². The number of amides is 1. The molecular formula is C19H24F3N7O. The van der Waals surface area contributed by atoms with Crippen LogP contribution < -0.4 is 16.0 Å². The highest BCUT2D eigenvalue weighted by Crippen LogP contribution is 2.31. The van der Waals surface area contributed by atoms with E-state index in [1.165, 1.54) is 12.3 Å². The van der Waals surface area contributed by atoms with Crippen molar-refractivity contribution >= 4 is 17.8 Å². The third-order valence-electron chi connectivity index (χ3n) is 5.02. The number of carbonyl (C=O) groups is 1. The zero-order valence-corrected chi connectivity index (χ0v) is 16.8. The predicted octanol–water partition coefficient (Wildman–Crippen LogP) is 2.92. The smallest absolute Gasteiger partial charge is 0.357 e. The van der Waals surface area contributed by atoms with Crippen LogP contribution in [0, 0.1) is 12.8 Å². The van der Waals surface area contributed by atoms with E-state index in [1.807, 2.05) is 0 Å². The molecule has 2 atom stereocenters. The van der Waals surface area contributed by atoms with E-state index in [9.17, 15) is 18.0 Å². The van der Waals surface area contributed by atoms with Gasteiger partial charge in [0.2, 0.25) is 17.8 Å². The predicted molar refractivity (Wildman–Crippen MR) is 105 cm³/mol. The van der Waals surface area contributed by atoms with Crippen LogP contribution in [0.5, 0.6) is 0 Å². The Hall–Kier alpha value is -2.98. The van der Waals surface area contributed by atoms with Crippen molar-refractivity contribution in [2.75, 3.05) is 17.7 Å². The van der Waals surface area contributed by atoms with Crippen molar-refractivity contribution in [3.8, 4) is 0 Å². The molecule has 0 unspecified atom stereocenters. The van der Waals surface area contributed by atoms with Gasteiger partial charge in [0, 0.05) is 37.9 Å². The average molecular weight is 423 g/mol. The van der Waals surface area contributed by atoms with Gasteiger partial charge in [-0.15, -0.1) is 0 Å². The molecule has 8 nitrogen and oxygen atoms in total. The normalized spacial score (nSPS) is 19.2. The third kappa shape index (κ3) is 5.55. The Balaban J connectivity index is 1.59. The van der Waals surface area contributed by atoms with Crippen molar-refractivity contribution in [1.82, 2.24) is 25.3 Å². The van der Waals surface area contributed by atoms with Crippen LogP contribution in [0.2, 0.25) is 0 Å². The van der Waals surface area contributed by atoms with Gasteiger partial charge in [-0.25, -0.2) is 0 Å². The summed E-state index contributed by atoms with van der Waals surface area (Å²) in [5.74, 6) is 0.908. The molecule has 1 fully saturated rings. The molecule has 3 N–H and O–H groups in total. The van der Waals surface area contributed by atoms with Gasteiger partial charge in [-0.05, 0) is 37.8 Å². The molecule has 0 bridgehead atoms. The molecule has 1 aliphatic carbocycles. The summed E-state index contributed by atoms with van der Waals surface area (Å²) in [5, 5.41) is 8.76. The number of nitrogens with zero attached hydrogens (tertiary/aromatic N) is 4. The Morgan fingerprint density at radius 2 is 1.97 bits per heavy atom. The van der Waals surface area contributed by atoms with Gasteiger partial charge >= 0.3 is 6.18 Å². The molecule has 0 spiro atoms. The van der Waals surface area contributed by atoms with Crippen molar-refractivity contribution in [2.45, 2.75) is 51.4 Å². The van der Waals surface area contributed by atoms with Crippen LogP contribution >= 0.6 is 0 Å². The highest BCUT2D eigenvalue weighted by molar-refractivity contribution is 5.78. The third-order valence-corrected chi connectivity index (χ3v) is 5.02. The van der Waals surface area contributed by atoms with Gasteiger partial charge in [0.15, 0.2) is 0 Å². The second kappa shape index (κ2) is 9.23. The van der Waals surface area contributed by atoms with Crippen molar-refractivity contribution in [3.63, 3.8) is 0 Å². The summed E-state index contributed by atoms with van der Waals surface area (Å²) in [5.41, 5.74) is -0.837. The molecule has 0 aromatic carbocycles. The van der Waals surface area contributed by atoms with Gasteiger partial charge in [0.25, 0.3) is 0 Å². The summed E-state index contributed by atoms with van der Waals surface area (Å²) in [7, 11) is 1.71. The van der Waals surface area contributed by atoms with Crippen LogP contribution in [0.25, 0.3) is 0 Å². The highest BCUT2D eigenvalue weighted by Gasteiger charge is 2.34. The van der Waals surface area contributed by atoms with Gasteiger partial charge in [0.05, 0.1) is 5.56 Å². The number of halogens is 3. The van der Waals surface area contributed by atoms with Crippen LogP contribution in [0.3, 0.4) is 0 Å². The Morgan fingerprint density at radius 3 is 2.70 bits per heavy atom. The van der Waals surface area contributed by atoms with E-state index < -0.39 is 11.7 Å². The molecule has 3 rings (SSSR count). The molecule has 2 heterocycles. The van der Waals surface area contributed by atoms with Crippen LogP contribution in [-0.4, -0.2) is 38.9 Å². The van der Waals surface area contributed by atoms with Crippen molar-refractivity contribution in [1.29, 1.82) is 0 Å². The Kier molecular flexibility index (Phi) is 6.68. The quantitative estimate of drug-likeness (QED) is 0.656. The van der Waals surface area contributed by atoms with E-state index in [-0.39, 0.29) is 30.0 Å². The second-order valence-electron chi connectivity index (χ2n) is 7.23. The molecule has 1 amide bonds. The molecule has 1 saturated carbocycles. The summed E-state index contributed by atoms with van der Waals surface area (Å²) in [4.78, 5) is 28.8. The maximum Gasteiger partial charge on any atom is 0.418 e. The second-order valence-corrected chi connectivity index (χ2v) is 7.23. The summed E-state index contributed by atoms with van der Waals surface area (Å²) in [6.45, 7) is 1.57. The molecule has 2 aromatic heterocycles. The summed E-state index contributed by atoms with van der Waals surface area (Å²) < 4.78 is 39.3. The Bertz CT molecular complexity index is 891. The molecule has 2 aromatic rings. The van der Waals surface area contributed by atoms with Gasteiger partial charge < -0.3 is 16.0 Å². The number of hydrogen-bond acceptors (Lipinski definition) is 7. The first-order valence-electron chi connectivity index (χ1n) is 9.71. The number of anilines is 2. The van der Waals surface area contributed by atoms with E-state index in [4.69, 9.17) is 0 Å². The number of alkyl halides is 3. The highest BCUT2D eigenvalue weighted by atomic mass is 19.4. The number of aromatic nitrogens is 4. The summed E-state index contributed by atoms with van der Waals surface area (Å²) in [6.07, 6.45) is 0.459. The average Bonchev–Trinajstić information content (AvgIpc) is 2.71. The maximum absolute atomic E-state index is 13.1. The van der Waals surface area contributed by atoms with Gasteiger partial charge in [0.1, 0.15) is 5.82 Å². The Labute approximate surface area is 172 Å². The SMILES string of the molecule is CNc1nc(C)nc(N[C@@H]2CCC[C@H](C(=O)NCc3ccncc3C(F)(F)F)C2)n1. The molecule has 0 radical (unpaired) electrons. The number of rotatable bonds is 6. The minimum atomic E-state index is -4.51. The lowest BCUT2D eigenvalue weighted by atomic mass is 9.85. The molecule has 11 heteroatoms. The monoisotopic (exact) mass is 423 g/mol. The first-order valence-corrected chi connectivity index (χ1v) is 9.71. The minimum absolute atomic E-state index is 0.00316. The van der Waals surface area contributed by atoms with Crippen molar-refractivity contribution in [3.05, 3.63) is 35.4 Å².